The van der Waals surface area contributed by atoms with E-state index in [1.165, 1.54) is 22.3 Å². The molecule has 7 nitrogen and oxygen atoms in total. The molecule has 7 heteroatoms. The molecule has 4 rings (SSSR count). The molecule has 1 atom stereocenters. The van der Waals surface area contributed by atoms with Gasteiger partial charge in [0.25, 0.3) is 5.91 Å². The van der Waals surface area contributed by atoms with Crippen molar-refractivity contribution < 1.29 is 9.90 Å². The normalized spacial score (nSPS) is 16.9. The fraction of sp³-hybridized carbons (Fsp3) is 0.375. The SMILES string of the molecule is Cc1ccccc1-c1cccc(CN2CCC[C@H](n3cc(C(=O)NCCO)nn3)C2)c1. The van der Waals surface area contributed by atoms with E-state index in [1.54, 1.807) is 6.20 Å². The number of nitrogens with one attached hydrogen (secondary N) is 1. The number of aryl methyl sites for hydroxylation is 1. The lowest BCUT2D eigenvalue weighted by molar-refractivity contribution is 0.0939. The molecule has 2 aromatic carbocycles. The molecule has 1 aromatic heterocycles. The quantitative estimate of drug-likeness (QED) is 0.615. The predicted molar refractivity (Wildman–Crippen MR) is 120 cm³/mol. The fourth-order valence-electron chi connectivity index (χ4n) is 4.20. The third kappa shape index (κ3) is 5.18. The lowest BCUT2D eigenvalue weighted by Crippen LogP contribution is -2.36. The molecule has 0 saturated carbocycles. The largest absolute Gasteiger partial charge is 0.395 e. The van der Waals surface area contributed by atoms with Crippen LogP contribution in [0.2, 0.25) is 0 Å². The highest BCUT2D eigenvalue weighted by atomic mass is 16.3. The van der Waals surface area contributed by atoms with Gasteiger partial charge in [0, 0.05) is 19.6 Å². The Hall–Kier alpha value is -3.03. The third-order valence-corrected chi connectivity index (χ3v) is 5.78. The van der Waals surface area contributed by atoms with E-state index < -0.39 is 0 Å². The van der Waals surface area contributed by atoms with E-state index in [4.69, 9.17) is 5.11 Å². The zero-order chi connectivity index (χ0) is 21.6. The molecule has 162 valence electrons. The van der Waals surface area contributed by atoms with Crippen molar-refractivity contribution in [2.45, 2.75) is 32.4 Å². The Morgan fingerprint density at radius 3 is 2.94 bits per heavy atom. The van der Waals surface area contributed by atoms with Crippen LogP contribution in [0.1, 0.15) is 40.5 Å². The van der Waals surface area contributed by atoms with Gasteiger partial charge in [0.15, 0.2) is 5.69 Å². The van der Waals surface area contributed by atoms with Gasteiger partial charge in [-0.3, -0.25) is 9.69 Å². The van der Waals surface area contributed by atoms with Crippen LogP contribution in [0.25, 0.3) is 11.1 Å². The molecule has 0 radical (unpaired) electrons. The number of likely N-dealkylation sites (tertiary alicyclic amines) is 1. The van der Waals surface area contributed by atoms with Gasteiger partial charge in [-0.2, -0.15) is 0 Å². The van der Waals surface area contributed by atoms with Crippen molar-refractivity contribution in [2.75, 3.05) is 26.2 Å². The molecule has 31 heavy (non-hydrogen) atoms. The number of hydrogen-bond acceptors (Lipinski definition) is 5. The Kier molecular flexibility index (Phi) is 6.74. The molecular formula is C24H29N5O2. The van der Waals surface area contributed by atoms with Crippen LogP contribution in [0, 0.1) is 6.92 Å². The number of carbonyl (C=O) groups is 1. The van der Waals surface area contributed by atoms with Gasteiger partial charge in [-0.1, -0.05) is 47.7 Å². The van der Waals surface area contributed by atoms with Gasteiger partial charge in [0.05, 0.1) is 18.8 Å². The van der Waals surface area contributed by atoms with Crippen LogP contribution in [0.5, 0.6) is 0 Å². The number of amides is 1. The first kappa shape index (κ1) is 21.2. The van der Waals surface area contributed by atoms with Crippen molar-refractivity contribution in [2.24, 2.45) is 0 Å². The number of aliphatic hydroxyl groups excluding tert-OH is 1. The molecule has 0 unspecified atom stereocenters. The number of hydrogen-bond donors (Lipinski definition) is 2. The van der Waals surface area contributed by atoms with Crippen LogP contribution in [-0.2, 0) is 6.54 Å². The highest BCUT2D eigenvalue weighted by molar-refractivity contribution is 5.91. The molecule has 2 N–H and O–H groups in total. The number of carbonyl (C=O) groups excluding carboxylic acids is 1. The first-order chi connectivity index (χ1) is 15.1. The van der Waals surface area contributed by atoms with Gasteiger partial charge in [-0.15, -0.1) is 5.10 Å². The van der Waals surface area contributed by atoms with Crippen LogP contribution >= 0.6 is 0 Å². The second kappa shape index (κ2) is 9.85. The summed E-state index contributed by atoms with van der Waals surface area (Å²) in [5.74, 6) is -0.305. The van der Waals surface area contributed by atoms with Gasteiger partial charge >= 0.3 is 0 Å². The first-order valence-electron chi connectivity index (χ1n) is 10.8. The lowest BCUT2D eigenvalue weighted by atomic mass is 9.98. The molecule has 1 aliphatic rings. The molecule has 0 aliphatic carbocycles. The van der Waals surface area contributed by atoms with Crippen LogP contribution in [0.3, 0.4) is 0 Å². The number of rotatable bonds is 7. The highest BCUT2D eigenvalue weighted by Gasteiger charge is 2.23. The van der Waals surface area contributed by atoms with E-state index in [0.717, 1.165) is 32.5 Å². The van der Waals surface area contributed by atoms with Crippen molar-refractivity contribution in [3.05, 3.63) is 71.5 Å². The second-order valence-corrected chi connectivity index (χ2v) is 8.11. The minimum atomic E-state index is -0.305. The van der Waals surface area contributed by atoms with E-state index in [2.05, 4.69) is 76.0 Å². The van der Waals surface area contributed by atoms with E-state index in [9.17, 15) is 4.79 Å². The fourth-order valence-corrected chi connectivity index (χ4v) is 4.20. The monoisotopic (exact) mass is 419 g/mol. The summed E-state index contributed by atoms with van der Waals surface area (Å²) in [6, 6.07) is 17.4. The summed E-state index contributed by atoms with van der Waals surface area (Å²) in [7, 11) is 0. The van der Waals surface area contributed by atoms with Gasteiger partial charge in [0.1, 0.15) is 0 Å². The van der Waals surface area contributed by atoms with Crippen molar-refractivity contribution in [3.8, 4) is 11.1 Å². The topological polar surface area (TPSA) is 83.3 Å². The van der Waals surface area contributed by atoms with Crippen LogP contribution in [0.15, 0.2) is 54.7 Å². The Bertz CT molecular complexity index is 1030. The molecule has 1 fully saturated rings. The van der Waals surface area contributed by atoms with Crippen LogP contribution in [-0.4, -0.2) is 57.1 Å². The standard InChI is InChI=1S/C24H29N5O2/c1-18-6-2-3-10-22(18)20-8-4-7-19(14-20)15-28-12-5-9-21(16-28)29-17-23(26-27-29)24(31)25-11-13-30/h2-4,6-8,10,14,17,21,30H,5,9,11-13,15-16H2,1H3,(H,25,31)/t21-/m0/s1. The summed E-state index contributed by atoms with van der Waals surface area (Å²) < 4.78 is 1.81. The molecule has 1 aliphatic heterocycles. The molecule has 1 saturated heterocycles. The third-order valence-electron chi connectivity index (χ3n) is 5.78. The number of piperidine rings is 1. The minimum absolute atomic E-state index is 0.0947. The maximum atomic E-state index is 12.0. The predicted octanol–water partition coefficient (Wildman–Crippen LogP) is 2.81. The summed E-state index contributed by atoms with van der Waals surface area (Å²) in [5, 5.41) is 19.7. The summed E-state index contributed by atoms with van der Waals surface area (Å²) in [6.07, 6.45) is 3.80. The minimum Gasteiger partial charge on any atom is -0.395 e. The average Bonchev–Trinajstić information content (AvgIpc) is 3.29. The Balaban J connectivity index is 1.42. The maximum Gasteiger partial charge on any atom is 0.273 e. The Morgan fingerprint density at radius 2 is 2.10 bits per heavy atom. The zero-order valence-corrected chi connectivity index (χ0v) is 17.9. The molecule has 0 spiro atoms. The molecule has 2 heterocycles. The molecule has 1 amide bonds. The summed E-state index contributed by atoms with van der Waals surface area (Å²) in [4.78, 5) is 14.5. The second-order valence-electron chi connectivity index (χ2n) is 8.11. The van der Waals surface area contributed by atoms with Crippen molar-refractivity contribution in [1.82, 2.24) is 25.2 Å². The van der Waals surface area contributed by atoms with Crippen molar-refractivity contribution in [3.63, 3.8) is 0 Å². The first-order valence-corrected chi connectivity index (χ1v) is 10.8. The smallest absolute Gasteiger partial charge is 0.273 e. The van der Waals surface area contributed by atoms with Crippen molar-refractivity contribution in [1.29, 1.82) is 0 Å². The summed E-state index contributed by atoms with van der Waals surface area (Å²) in [6.45, 7) is 5.06. The van der Waals surface area contributed by atoms with Gasteiger partial charge in [-0.05, 0) is 54.6 Å². The maximum absolute atomic E-state index is 12.0. The van der Waals surface area contributed by atoms with Crippen molar-refractivity contribution >= 4 is 5.91 Å². The highest BCUT2D eigenvalue weighted by Crippen LogP contribution is 2.26. The lowest BCUT2D eigenvalue weighted by Gasteiger charge is -2.32. The van der Waals surface area contributed by atoms with E-state index in [1.807, 2.05) is 4.68 Å². The Labute approximate surface area is 182 Å². The summed E-state index contributed by atoms with van der Waals surface area (Å²) >= 11 is 0. The summed E-state index contributed by atoms with van der Waals surface area (Å²) in [5.41, 5.74) is 5.39. The number of benzene rings is 2. The van der Waals surface area contributed by atoms with E-state index >= 15 is 0 Å². The van der Waals surface area contributed by atoms with Gasteiger partial charge < -0.3 is 10.4 Å². The zero-order valence-electron chi connectivity index (χ0n) is 17.9. The average molecular weight is 420 g/mol. The van der Waals surface area contributed by atoms with E-state index in [0.29, 0.717) is 0 Å². The number of aromatic nitrogens is 3. The van der Waals surface area contributed by atoms with Gasteiger partial charge in [-0.25, -0.2) is 4.68 Å². The number of aliphatic hydroxyl groups is 1. The van der Waals surface area contributed by atoms with Crippen LogP contribution in [0.4, 0.5) is 0 Å². The van der Waals surface area contributed by atoms with Gasteiger partial charge in [0.2, 0.25) is 0 Å². The number of nitrogens with zero attached hydrogens (tertiary/aromatic N) is 4. The van der Waals surface area contributed by atoms with Crippen LogP contribution < -0.4 is 5.32 Å². The molecule has 3 aromatic rings. The van der Waals surface area contributed by atoms with E-state index in [-0.39, 0.29) is 30.8 Å². The Morgan fingerprint density at radius 1 is 1.23 bits per heavy atom. The molecular weight excluding hydrogens is 390 g/mol. The molecule has 0 bridgehead atoms.